The Morgan fingerprint density at radius 2 is 2.29 bits per heavy atom. The molecule has 2 atom stereocenters. The third kappa shape index (κ3) is 2.36. The van der Waals surface area contributed by atoms with Gasteiger partial charge in [-0.15, -0.1) is 0 Å². The molecule has 1 aromatic heterocycles. The lowest BCUT2D eigenvalue weighted by Crippen LogP contribution is -2.15. The molecule has 1 aliphatic rings. The molecule has 1 amide bonds. The van der Waals surface area contributed by atoms with E-state index in [-0.39, 0.29) is 28.8 Å². The van der Waals surface area contributed by atoms with E-state index in [1.165, 1.54) is 18.3 Å². The van der Waals surface area contributed by atoms with Gasteiger partial charge in [-0.05, 0) is 24.0 Å². The average Bonchev–Trinajstić information content (AvgIpc) is 3.15. The molecule has 0 bridgehead atoms. The van der Waals surface area contributed by atoms with Gasteiger partial charge in [-0.3, -0.25) is 9.89 Å². The number of H-pyrrole nitrogens is 1. The number of nitriles is 1. The number of amides is 1. The summed E-state index contributed by atoms with van der Waals surface area (Å²) in [7, 11) is 0. The molecule has 0 radical (unpaired) electrons. The van der Waals surface area contributed by atoms with Crippen LogP contribution in [0.15, 0.2) is 24.4 Å². The Labute approximate surface area is 118 Å². The normalized spacial score (nSPS) is 19.9. The van der Waals surface area contributed by atoms with Gasteiger partial charge in [0.05, 0.1) is 6.20 Å². The van der Waals surface area contributed by atoms with Gasteiger partial charge in [-0.2, -0.15) is 10.4 Å². The molecule has 3 rings (SSSR count). The van der Waals surface area contributed by atoms with Crippen LogP contribution in [-0.4, -0.2) is 16.1 Å². The summed E-state index contributed by atoms with van der Waals surface area (Å²) in [6.07, 6.45) is 1.74. The number of benzene rings is 1. The van der Waals surface area contributed by atoms with Crippen LogP contribution < -0.4 is 5.32 Å². The standard InChI is InChI=1S/C14H10F2N4O/c15-11-3-1-2-8(12(11)16)9-4-10(9)14(21)19-13-7(5-17)6-18-20-13/h1-3,6,9-10H,4H2,(H2,18,19,20,21). The number of nitrogens with zero attached hydrogens (tertiary/aromatic N) is 2. The maximum absolute atomic E-state index is 13.7. The van der Waals surface area contributed by atoms with Crippen LogP contribution in [0.3, 0.4) is 0 Å². The van der Waals surface area contributed by atoms with Crippen LogP contribution in [0.5, 0.6) is 0 Å². The summed E-state index contributed by atoms with van der Waals surface area (Å²) in [6.45, 7) is 0. The molecule has 106 valence electrons. The number of aromatic nitrogens is 2. The van der Waals surface area contributed by atoms with Gasteiger partial charge in [-0.1, -0.05) is 12.1 Å². The molecule has 0 aliphatic heterocycles. The number of anilines is 1. The first-order valence-electron chi connectivity index (χ1n) is 6.30. The van der Waals surface area contributed by atoms with Crippen molar-refractivity contribution in [1.29, 1.82) is 5.26 Å². The molecule has 1 aliphatic carbocycles. The highest BCUT2D eigenvalue weighted by molar-refractivity contribution is 5.95. The second kappa shape index (κ2) is 4.98. The number of halogens is 2. The quantitative estimate of drug-likeness (QED) is 0.909. The molecule has 0 saturated heterocycles. The van der Waals surface area contributed by atoms with E-state index >= 15 is 0 Å². The second-order valence-electron chi connectivity index (χ2n) is 4.85. The summed E-state index contributed by atoms with van der Waals surface area (Å²) in [5.41, 5.74) is 0.428. The minimum Gasteiger partial charge on any atom is -0.310 e. The number of carbonyl (C=O) groups excluding carboxylic acids is 1. The summed E-state index contributed by atoms with van der Waals surface area (Å²) >= 11 is 0. The van der Waals surface area contributed by atoms with Crippen molar-refractivity contribution in [2.45, 2.75) is 12.3 Å². The minimum absolute atomic E-state index is 0.209. The lowest BCUT2D eigenvalue weighted by atomic mass is 10.1. The van der Waals surface area contributed by atoms with Crippen LogP contribution in [0.25, 0.3) is 0 Å². The monoisotopic (exact) mass is 288 g/mol. The molecule has 2 aromatic rings. The van der Waals surface area contributed by atoms with Gasteiger partial charge < -0.3 is 5.32 Å². The van der Waals surface area contributed by atoms with Gasteiger partial charge >= 0.3 is 0 Å². The molecular weight excluding hydrogens is 278 g/mol. The predicted octanol–water partition coefficient (Wildman–Crippen LogP) is 2.30. The van der Waals surface area contributed by atoms with Gasteiger partial charge in [0.25, 0.3) is 0 Å². The lowest BCUT2D eigenvalue weighted by Gasteiger charge is -2.04. The van der Waals surface area contributed by atoms with Gasteiger partial charge in [0, 0.05) is 5.92 Å². The molecule has 1 fully saturated rings. The van der Waals surface area contributed by atoms with Crippen molar-refractivity contribution >= 4 is 11.7 Å². The van der Waals surface area contributed by atoms with E-state index < -0.39 is 17.6 Å². The highest BCUT2D eigenvalue weighted by Crippen LogP contribution is 2.49. The molecule has 1 saturated carbocycles. The van der Waals surface area contributed by atoms with Crippen molar-refractivity contribution < 1.29 is 13.6 Å². The molecular formula is C14H10F2N4O. The van der Waals surface area contributed by atoms with E-state index in [2.05, 4.69) is 15.5 Å². The zero-order chi connectivity index (χ0) is 15.0. The van der Waals surface area contributed by atoms with E-state index in [4.69, 9.17) is 5.26 Å². The van der Waals surface area contributed by atoms with Crippen molar-refractivity contribution in [2.75, 3.05) is 5.32 Å². The Morgan fingerprint density at radius 3 is 3.05 bits per heavy atom. The highest BCUT2D eigenvalue weighted by Gasteiger charge is 2.45. The van der Waals surface area contributed by atoms with Crippen LogP contribution in [0.2, 0.25) is 0 Å². The Kier molecular flexibility index (Phi) is 3.14. The number of hydrogen-bond acceptors (Lipinski definition) is 3. The van der Waals surface area contributed by atoms with Crippen LogP contribution in [0.4, 0.5) is 14.6 Å². The summed E-state index contributed by atoms with van der Waals surface area (Å²) in [5, 5.41) is 17.5. The van der Waals surface area contributed by atoms with E-state index in [0.717, 1.165) is 6.07 Å². The van der Waals surface area contributed by atoms with Gasteiger partial charge in [0.15, 0.2) is 11.6 Å². The van der Waals surface area contributed by atoms with Crippen molar-refractivity contribution in [1.82, 2.24) is 10.2 Å². The van der Waals surface area contributed by atoms with Crippen molar-refractivity contribution in [3.05, 3.63) is 47.2 Å². The number of hydrogen-bond donors (Lipinski definition) is 2. The van der Waals surface area contributed by atoms with Crippen LogP contribution in [0, 0.1) is 28.9 Å². The van der Waals surface area contributed by atoms with E-state index in [9.17, 15) is 13.6 Å². The molecule has 0 spiro atoms. The fraction of sp³-hybridized carbons (Fsp3) is 0.214. The highest BCUT2D eigenvalue weighted by atomic mass is 19.2. The van der Waals surface area contributed by atoms with Gasteiger partial charge in [0.1, 0.15) is 17.5 Å². The fourth-order valence-electron chi connectivity index (χ4n) is 2.32. The molecule has 1 heterocycles. The molecule has 2 N–H and O–H groups in total. The number of nitrogens with one attached hydrogen (secondary N) is 2. The Bertz CT molecular complexity index is 750. The summed E-state index contributed by atoms with van der Waals surface area (Å²) < 4.78 is 26.8. The van der Waals surface area contributed by atoms with E-state index in [0.29, 0.717) is 6.42 Å². The molecule has 21 heavy (non-hydrogen) atoms. The van der Waals surface area contributed by atoms with Crippen LogP contribution in [-0.2, 0) is 4.79 Å². The number of carbonyl (C=O) groups is 1. The first-order chi connectivity index (χ1) is 10.1. The molecule has 5 nitrogen and oxygen atoms in total. The second-order valence-corrected chi connectivity index (χ2v) is 4.85. The average molecular weight is 288 g/mol. The van der Waals surface area contributed by atoms with E-state index in [1.807, 2.05) is 6.07 Å². The fourth-order valence-corrected chi connectivity index (χ4v) is 2.32. The van der Waals surface area contributed by atoms with Crippen LogP contribution >= 0.6 is 0 Å². The zero-order valence-electron chi connectivity index (χ0n) is 10.7. The third-order valence-electron chi connectivity index (χ3n) is 3.52. The molecule has 7 heteroatoms. The van der Waals surface area contributed by atoms with Gasteiger partial charge in [0.2, 0.25) is 5.91 Å². The first-order valence-corrected chi connectivity index (χ1v) is 6.30. The van der Waals surface area contributed by atoms with Crippen molar-refractivity contribution in [3.8, 4) is 6.07 Å². The van der Waals surface area contributed by atoms with Crippen molar-refractivity contribution in [3.63, 3.8) is 0 Å². The Hall–Kier alpha value is -2.75. The minimum atomic E-state index is -0.918. The predicted molar refractivity (Wildman–Crippen MR) is 69.1 cm³/mol. The topological polar surface area (TPSA) is 81.6 Å². The maximum atomic E-state index is 13.7. The summed E-state index contributed by atoms with van der Waals surface area (Å²) in [5.74, 6) is -2.72. The Morgan fingerprint density at radius 1 is 1.48 bits per heavy atom. The van der Waals surface area contributed by atoms with Gasteiger partial charge in [-0.25, -0.2) is 8.78 Å². The number of aromatic amines is 1. The third-order valence-corrected chi connectivity index (χ3v) is 3.52. The van der Waals surface area contributed by atoms with Crippen LogP contribution in [0.1, 0.15) is 23.5 Å². The SMILES string of the molecule is N#Cc1cn[nH]c1NC(=O)C1CC1c1cccc(F)c1F. The lowest BCUT2D eigenvalue weighted by molar-refractivity contribution is -0.117. The zero-order valence-corrected chi connectivity index (χ0v) is 10.7. The largest absolute Gasteiger partial charge is 0.310 e. The number of rotatable bonds is 3. The summed E-state index contributed by atoms with van der Waals surface area (Å²) in [6, 6.07) is 5.82. The molecule has 1 aromatic carbocycles. The van der Waals surface area contributed by atoms with E-state index in [1.54, 1.807) is 0 Å². The Balaban J connectivity index is 1.72. The van der Waals surface area contributed by atoms with Crippen molar-refractivity contribution in [2.24, 2.45) is 5.92 Å². The summed E-state index contributed by atoms with van der Waals surface area (Å²) in [4.78, 5) is 12.0. The molecule has 2 unspecified atom stereocenters. The first kappa shape index (κ1) is 13.2. The smallest absolute Gasteiger partial charge is 0.229 e. The maximum Gasteiger partial charge on any atom is 0.229 e.